The maximum absolute atomic E-state index is 12.1. The number of benzene rings is 1. The summed E-state index contributed by atoms with van der Waals surface area (Å²) < 4.78 is 6.29. The van der Waals surface area contributed by atoms with Crippen LogP contribution in [0.1, 0.15) is 12.0 Å². The summed E-state index contributed by atoms with van der Waals surface area (Å²) in [5, 5.41) is 9.39. The number of morpholine rings is 1. The second-order valence-corrected chi connectivity index (χ2v) is 7.05. The fourth-order valence-electron chi connectivity index (χ4n) is 2.61. The highest BCUT2D eigenvalue weighted by Crippen LogP contribution is 2.20. The summed E-state index contributed by atoms with van der Waals surface area (Å²) in [6.07, 6.45) is 0.371. The molecule has 152 valence electrons. The van der Waals surface area contributed by atoms with Crippen LogP contribution in [0, 0.1) is 6.92 Å². The minimum Gasteiger partial charge on any atom is -0.379 e. The number of carbonyl (C=O) groups excluding carboxylic acids is 1. The van der Waals surface area contributed by atoms with Crippen molar-refractivity contribution in [2.45, 2.75) is 13.3 Å². The predicted molar refractivity (Wildman–Crippen MR) is 124 cm³/mol. The zero-order chi connectivity index (χ0) is 18.8. The third-order valence-corrected chi connectivity index (χ3v) is 4.66. The molecular formula is C18H29BrIN5O2. The van der Waals surface area contributed by atoms with E-state index in [-0.39, 0.29) is 29.9 Å². The second kappa shape index (κ2) is 13.3. The Morgan fingerprint density at radius 1 is 1.26 bits per heavy atom. The Morgan fingerprint density at radius 3 is 2.67 bits per heavy atom. The second-order valence-electron chi connectivity index (χ2n) is 6.14. The van der Waals surface area contributed by atoms with Crippen LogP contribution in [0.25, 0.3) is 0 Å². The molecule has 0 spiro atoms. The smallest absolute Gasteiger partial charge is 0.226 e. The summed E-state index contributed by atoms with van der Waals surface area (Å²) in [7, 11) is 1.73. The minimum absolute atomic E-state index is 0. The predicted octanol–water partition coefficient (Wildman–Crippen LogP) is 2.20. The van der Waals surface area contributed by atoms with Gasteiger partial charge in [-0.05, 0) is 24.6 Å². The van der Waals surface area contributed by atoms with E-state index in [9.17, 15) is 4.79 Å². The van der Waals surface area contributed by atoms with Gasteiger partial charge in [0.1, 0.15) is 0 Å². The van der Waals surface area contributed by atoms with Gasteiger partial charge in [-0.2, -0.15) is 0 Å². The van der Waals surface area contributed by atoms with Crippen LogP contribution in [0.2, 0.25) is 0 Å². The highest BCUT2D eigenvalue weighted by Gasteiger charge is 2.10. The van der Waals surface area contributed by atoms with Crippen LogP contribution < -0.4 is 16.0 Å². The van der Waals surface area contributed by atoms with Gasteiger partial charge in [-0.15, -0.1) is 24.0 Å². The third kappa shape index (κ3) is 9.22. The van der Waals surface area contributed by atoms with E-state index in [0.717, 1.165) is 55.1 Å². The number of hydrogen-bond acceptors (Lipinski definition) is 4. The summed E-state index contributed by atoms with van der Waals surface area (Å²) in [6.45, 7) is 7.82. The molecule has 3 N–H and O–H groups in total. The SMILES string of the molecule is CN=C(NCCC(=O)Nc1cc(Br)ccc1C)NCCN1CCOCC1.I. The Kier molecular flexibility index (Phi) is 11.9. The zero-order valence-electron chi connectivity index (χ0n) is 15.9. The summed E-state index contributed by atoms with van der Waals surface area (Å²) in [4.78, 5) is 18.7. The Hall–Kier alpha value is -0.910. The van der Waals surface area contributed by atoms with Gasteiger partial charge in [-0.3, -0.25) is 14.7 Å². The lowest BCUT2D eigenvalue weighted by Crippen LogP contribution is -2.44. The molecule has 1 aromatic rings. The molecule has 1 saturated heterocycles. The van der Waals surface area contributed by atoms with E-state index < -0.39 is 0 Å². The van der Waals surface area contributed by atoms with Gasteiger partial charge in [0, 0.05) is 56.4 Å². The molecule has 1 aliphatic heterocycles. The molecule has 0 aliphatic carbocycles. The van der Waals surface area contributed by atoms with E-state index >= 15 is 0 Å². The number of halogens is 2. The van der Waals surface area contributed by atoms with Crippen molar-refractivity contribution in [1.82, 2.24) is 15.5 Å². The summed E-state index contributed by atoms with van der Waals surface area (Å²) in [6, 6.07) is 5.84. The first-order chi connectivity index (χ1) is 12.6. The largest absolute Gasteiger partial charge is 0.379 e. The summed E-state index contributed by atoms with van der Waals surface area (Å²) in [5.74, 6) is 0.687. The van der Waals surface area contributed by atoms with E-state index in [1.807, 2.05) is 25.1 Å². The van der Waals surface area contributed by atoms with Gasteiger partial charge in [0.15, 0.2) is 5.96 Å². The standard InChI is InChI=1S/C18H28BrN5O2.HI/c1-14-3-4-15(19)13-16(14)23-17(25)5-6-21-18(20-2)22-7-8-24-9-11-26-12-10-24;/h3-4,13H,5-12H2,1-2H3,(H,23,25)(H2,20,21,22);1H. The van der Waals surface area contributed by atoms with Crippen molar-refractivity contribution >= 4 is 57.5 Å². The van der Waals surface area contributed by atoms with Crippen LogP contribution >= 0.6 is 39.9 Å². The maximum Gasteiger partial charge on any atom is 0.226 e. The van der Waals surface area contributed by atoms with Crippen molar-refractivity contribution in [2.75, 3.05) is 58.3 Å². The topological polar surface area (TPSA) is 78.0 Å². The quantitative estimate of drug-likeness (QED) is 0.274. The molecule has 27 heavy (non-hydrogen) atoms. The number of hydrogen-bond donors (Lipinski definition) is 3. The average molecular weight is 554 g/mol. The molecule has 1 amide bonds. The van der Waals surface area contributed by atoms with E-state index in [1.165, 1.54) is 0 Å². The number of aliphatic imine (C=N–C) groups is 1. The molecule has 0 unspecified atom stereocenters. The normalized spacial score (nSPS) is 15.0. The van der Waals surface area contributed by atoms with Crippen LogP contribution in [-0.2, 0) is 9.53 Å². The van der Waals surface area contributed by atoms with E-state index in [2.05, 4.69) is 41.8 Å². The fraction of sp³-hybridized carbons (Fsp3) is 0.556. The molecule has 0 aromatic heterocycles. The number of ether oxygens (including phenoxy) is 1. The van der Waals surface area contributed by atoms with Gasteiger partial charge in [-0.25, -0.2) is 0 Å². The van der Waals surface area contributed by atoms with Crippen LogP contribution in [0.15, 0.2) is 27.7 Å². The van der Waals surface area contributed by atoms with Gasteiger partial charge < -0.3 is 20.7 Å². The molecule has 1 aliphatic rings. The fourth-order valence-corrected chi connectivity index (χ4v) is 2.97. The molecule has 2 rings (SSSR count). The number of anilines is 1. The molecule has 1 fully saturated rings. The molecule has 0 radical (unpaired) electrons. The monoisotopic (exact) mass is 553 g/mol. The highest BCUT2D eigenvalue weighted by molar-refractivity contribution is 14.0. The number of nitrogens with one attached hydrogen (secondary N) is 3. The molecular weight excluding hydrogens is 525 g/mol. The summed E-state index contributed by atoms with van der Waals surface area (Å²) >= 11 is 3.42. The van der Waals surface area contributed by atoms with Gasteiger partial charge in [0.2, 0.25) is 5.91 Å². The van der Waals surface area contributed by atoms with Crippen molar-refractivity contribution in [3.05, 3.63) is 28.2 Å². The van der Waals surface area contributed by atoms with E-state index in [1.54, 1.807) is 7.05 Å². The van der Waals surface area contributed by atoms with Gasteiger partial charge >= 0.3 is 0 Å². The first-order valence-electron chi connectivity index (χ1n) is 8.89. The number of aryl methyl sites for hydroxylation is 1. The Bertz CT molecular complexity index is 624. The maximum atomic E-state index is 12.1. The number of carbonyl (C=O) groups is 1. The first kappa shape index (κ1) is 24.1. The van der Waals surface area contributed by atoms with Crippen molar-refractivity contribution in [1.29, 1.82) is 0 Å². The lowest BCUT2D eigenvalue weighted by atomic mass is 10.2. The Morgan fingerprint density at radius 2 is 1.96 bits per heavy atom. The number of rotatable bonds is 7. The van der Waals surface area contributed by atoms with Crippen molar-refractivity contribution in [2.24, 2.45) is 4.99 Å². The van der Waals surface area contributed by atoms with E-state index in [0.29, 0.717) is 18.9 Å². The molecule has 1 aromatic carbocycles. The number of amides is 1. The van der Waals surface area contributed by atoms with Gasteiger partial charge in [0.05, 0.1) is 13.2 Å². The van der Waals surface area contributed by atoms with Crippen LogP contribution in [0.4, 0.5) is 5.69 Å². The molecule has 0 saturated carbocycles. The summed E-state index contributed by atoms with van der Waals surface area (Å²) in [5.41, 5.74) is 1.87. The lowest BCUT2D eigenvalue weighted by Gasteiger charge is -2.26. The Labute approximate surface area is 186 Å². The Balaban J connectivity index is 0.00000364. The molecule has 9 heteroatoms. The first-order valence-corrected chi connectivity index (χ1v) is 9.68. The van der Waals surface area contributed by atoms with Crippen LogP contribution in [-0.4, -0.2) is 69.8 Å². The zero-order valence-corrected chi connectivity index (χ0v) is 19.8. The van der Waals surface area contributed by atoms with Crippen molar-refractivity contribution in [3.63, 3.8) is 0 Å². The third-order valence-electron chi connectivity index (χ3n) is 4.17. The average Bonchev–Trinajstić information content (AvgIpc) is 2.64. The van der Waals surface area contributed by atoms with Crippen LogP contribution in [0.5, 0.6) is 0 Å². The van der Waals surface area contributed by atoms with E-state index in [4.69, 9.17) is 4.74 Å². The molecule has 1 heterocycles. The molecule has 7 nitrogen and oxygen atoms in total. The van der Waals surface area contributed by atoms with Crippen molar-refractivity contribution in [3.8, 4) is 0 Å². The number of guanidine groups is 1. The highest BCUT2D eigenvalue weighted by atomic mass is 127. The number of nitrogens with zero attached hydrogens (tertiary/aromatic N) is 2. The lowest BCUT2D eigenvalue weighted by molar-refractivity contribution is -0.116. The van der Waals surface area contributed by atoms with Crippen LogP contribution in [0.3, 0.4) is 0 Å². The van der Waals surface area contributed by atoms with Gasteiger partial charge in [-0.1, -0.05) is 22.0 Å². The van der Waals surface area contributed by atoms with Gasteiger partial charge in [0.25, 0.3) is 0 Å². The molecule has 0 bridgehead atoms. The van der Waals surface area contributed by atoms with Crippen molar-refractivity contribution < 1.29 is 9.53 Å². The molecule has 0 atom stereocenters. The minimum atomic E-state index is -0.0255.